The van der Waals surface area contributed by atoms with E-state index < -0.39 is 12.0 Å². The van der Waals surface area contributed by atoms with Gasteiger partial charge in [0.05, 0.1) is 12.5 Å². The smallest absolute Gasteiger partial charge is 0.336 e. The zero-order valence-corrected chi connectivity index (χ0v) is 11.4. The summed E-state index contributed by atoms with van der Waals surface area (Å²) in [6.45, 7) is 0.463. The fraction of sp³-hybridized carbons (Fsp3) is 0.250. The number of anilines is 1. The van der Waals surface area contributed by atoms with Crippen molar-refractivity contribution >= 4 is 11.7 Å². The predicted octanol–water partition coefficient (Wildman–Crippen LogP) is 2.00. The highest BCUT2D eigenvalue weighted by Gasteiger charge is 2.47. The molecule has 0 bridgehead atoms. The molecule has 1 aromatic carbocycles. The summed E-state index contributed by atoms with van der Waals surface area (Å²) in [5.41, 5.74) is 2.85. The fourth-order valence-corrected chi connectivity index (χ4v) is 3.60. The minimum Gasteiger partial charge on any atom is -0.492 e. The standard InChI is InChI=1S/C16H11FN2O3/c17-9-6-10-12(14-7(9)3-5-21-14)11-8-2-1-4-18-15(8)22-16(20)13(11)19-10/h1-2,4,6,11,13,19H,3,5H2. The van der Waals surface area contributed by atoms with E-state index in [-0.39, 0.29) is 11.7 Å². The second-order valence-electron chi connectivity index (χ2n) is 5.64. The highest BCUT2D eigenvalue weighted by Crippen LogP contribution is 2.52. The molecule has 6 heteroatoms. The molecule has 3 aliphatic rings. The molecule has 110 valence electrons. The molecule has 0 spiro atoms. The van der Waals surface area contributed by atoms with Gasteiger partial charge in [-0.15, -0.1) is 0 Å². The quantitative estimate of drug-likeness (QED) is 0.754. The first-order chi connectivity index (χ1) is 10.7. The third-order valence-corrected chi connectivity index (χ3v) is 4.51. The lowest BCUT2D eigenvalue weighted by Gasteiger charge is -2.26. The molecule has 0 saturated carbocycles. The molecule has 5 nitrogen and oxygen atoms in total. The van der Waals surface area contributed by atoms with Gasteiger partial charge in [-0.05, 0) is 12.1 Å². The number of nitrogens with zero attached hydrogens (tertiary/aromatic N) is 1. The number of esters is 1. The van der Waals surface area contributed by atoms with Crippen LogP contribution in [0.15, 0.2) is 24.4 Å². The molecule has 2 atom stereocenters. The summed E-state index contributed by atoms with van der Waals surface area (Å²) in [5, 5.41) is 3.08. The molecule has 22 heavy (non-hydrogen) atoms. The van der Waals surface area contributed by atoms with Crippen molar-refractivity contribution in [2.75, 3.05) is 11.9 Å². The first-order valence-corrected chi connectivity index (χ1v) is 7.15. The first kappa shape index (κ1) is 12.0. The summed E-state index contributed by atoms with van der Waals surface area (Å²) in [4.78, 5) is 16.4. The van der Waals surface area contributed by atoms with Gasteiger partial charge in [-0.1, -0.05) is 6.07 Å². The SMILES string of the molecule is O=C1Oc2ncccc2C2c3c(cc(F)c4c3OCC4)NC12. The van der Waals surface area contributed by atoms with Crippen LogP contribution >= 0.6 is 0 Å². The molecule has 2 unspecified atom stereocenters. The van der Waals surface area contributed by atoms with E-state index in [0.717, 1.165) is 11.1 Å². The number of hydrogen-bond acceptors (Lipinski definition) is 5. The highest BCUT2D eigenvalue weighted by molar-refractivity contribution is 5.90. The van der Waals surface area contributed by atoms with E-state index in [1.807, 2.05) is 6.07 Å². The lowest BCUT2D eigenvalue weighted by molar-refractivity contribution is -0.136. The Hall–Kier alpha value is -2.63. The number of fused-ring (bicyclic) bond motifs is 7. The van der Waals surface area contributed by atoms with Gasteiger partial charge in [0.15, 0.2) is 0 Å². The normalized spacial score (nSPS) is 23.6. The summed E-state index contributed by atoms with van der Waals surface area (Å²) in [7, 11) is 0. The van der Waals surface area contributed by atoms with Gasteiger partial charge >= 0.3 is 5.97 Å². The maximum absolute atomic E-state index is 14.2. The first-order valence-electron chi connectivity index (χ1n) is 7.15. The number of ether oxygens (including phenoxy) is 2. The van der Waals surface area contributed by atoms with Crippen LogP contribution in [0.2, 0.25) is 0 Å². The maximum Gasteiger partial charge on any atom is 0.336 e. The number of pyridine rings is 1. The van der Waals surface area contributed by atoms with Gasteiger partial charge in [0.25, 0.3) is 0 Å². The molecule has 5 rings (SSSR count). The van der Waals surface area contributed by atoms with E-state index in [9.17, 15) is 9.18 Å². The monoisotopic (exact) mass is 298 g/mol. The van der Waals surface area contributed by atoms with Gasteiger partial charge < -0.3 is 14.8 Å². The van der Waals surface area contributed by atoms with E-state index in [2.05, 4.69) is 10.3 Å². The second-order valence-corrected chi connectivity index (χ2v) is 5.64. The number of nitrogens with one attached hydrogen (secondary N) is 1. The van der Waals surface area contributed by atoms with E-state index in [1.54, 1.807) is 12.3 Å². The van der Waals surface area contributed by atoms with Gasteiger partial charge in [-0.25, -0.2) is 14.2 Å². The number of aromatic nitrogens is 1. The highest BCUT2D eigenvalue weighted by atomic mass is 19.1. The maximum atomic E-state index is 14.2. The summed E-state index contributed by atoms with van der Waals surface area (Å²) < 4.78 is 25.1. The van der Waals surface area contributed by atoms with Gasteiger partial charge in [-0.3, -0.25) is 0 Å². The number of carbonyl (C=O) groups is 1. The van der Waals surface area contributed by atoms with Crippen molar-refractivity contribution in [2.45, 2.75) is 18.4 Å². The minimum atomic E-state index is -0.568. The summed E-state index contributed by atoms with van der Waals surface area (Å²) >= 11 is 0. The zero-order chi connectivity index (χ0) is 14.8. The van der Waals surface area contributed by atoms with Crippen LogP contribution < -0.4 is 14.8 Å². The largest absolute Gasteiger partial charge is 0.492 e. The Morgan fingerprint density at radius 2 is 2.32 bits per heavy atom. The Bertz CT molecular complexity index is 836. The number of hydrogen-bond donors (Lipinski definition) is 1. The van der Waals surface area contributed by atoms with Gasteiger partial charge in [0.1, 0.15) is 17.6 Å². The Morgan fingerprint density at radius 1 is 1.41 bits per heavy atom. The van der Waals surface area contributed by atoms with E-state index in [0.29, 0.717) is 35.9 Å². The van der Waals surface area contributed by atoms with Gasteiger partial charge in [0, 0.05) is 35.0 Å². The average Bonchev–Trinajstić information content (AvgIpc) is 3.11. The molecule has 0 aliphatic carbocycles. The molecule has 4 heterocycles. The van der Waals surface area contributed by atoms with Crippen LogP contribution in [0.1, 0.15) is 22.6 Å². The Labute approximate surface area is 125 Å². The number of halogens is 1. The predicted molar refractivity (Wildman–Crippen MR) is 74.7 cm³/mol. The summed E-state index contributed by atoms with van der Waals surface area (Å²) in [6, 6.07) is 4.57. The minimum absolute atomic E-state index is 0.257. The number of carbonyl (C=O) groups excluding carboxylic acids is 1. The molecule has 1 aromatic heterocycles. The van der Waals surface area contributed by atoms with Crippen LogP contribution in [0.4, 0.5) is 10.1 Å². The fourth-order valence-electron chi connectivity index (χ4n) is 3.60. The lowest BCUT2D eigenvalue weighted by Crippen LogP contribution is -2.38. The Morgan fingerprint density at radius 3 is 3.23 bits per heavy atom. The van der Waals surface area contributed by atoms with Crippen molar-refractivity contribution in [1.82, 2.24) is 4.98 Å². The molecule has 0 fully saturated rings. The van der Waals surface area contributed by atoms with Crippen molar-refractivity contribution < 1.29 is 18.7 Å². The van der Waals surface area contributed by atoms with Crippen LogP contribution in [0.5, 0.6) is 11.6 Å². The van der Waals surface area contributed by atoms with Crippen molar-refractivity contribution in [3.63, 3.8) is 0 Å². The van der Waals surface area contributed by atoms with Gasteiger partial charge in [0.2, 0.25) is 5.88 Å². The van der Waals surface area contributed by atoms with E-state index >= 15 is 0 Å². The Kier molecular flexibility index (Phi) is 2.16. The topological polar surface area (TPSA) is 60.5 Å². The van der Waals surface area contributed by atoms with Crippen molar-refractivity contribution in [3.05, 3.63) is 46.9 Å². The molecule has 0 amide bonds. The molecule has 0 saturated heterocycles. The van der Waals surface area contributed by atoms with E-state index in [1.165, 1.54) is 6.07 Å². The van der Waals surface area contributed by atoms with Crippen molar-refractivity contribution in [3.8, 4) is 11.6 Å². The average molecular weight is 298 g/mol. The van der Waals surface area contributed by atoms with Crippen molar-refractivity contribution in [2.24, 2.45) is 0 Å². The third kappa shape index (κ3) is 1.37. The van der Waals surface area contributed by atoms with Crippen LogP contribution in [0.3, 0.4) is 0 Å². The number of rotatable bonds is 0. The molecular formula is C16H11FN2O3. The molecule has 2 aromatic rings. The zero-order valence-electron chi connectivity index (χ0n) is 11.4. The molecule has 0 radical (unpaired) electrons. The summed E-state index contributed by atoms with van der Waals surface area (Å²) in [5.74, 6) is -0.0666. The van der Waals surface area contributed by atoms with Crippen LogP contribution in [-0.2, 0) is 11.2 Å². The second kappa shape index (κ2) is 3.97. The van der Waals surface area contributed by atoms with Crippen LogP contribution in [-0.4, -0.2) is 23.6 Å². The van der Waals surface area contributed by atoms with E-state index in [4.69, 9.17) is 9.47 Å². The third-order valence-electron chi connectivity index (χ3n) is 4.51. The molecule has 3 aliphatic heterocycles. The molecular weight excluding hydrogens is 287 g/mol. The lowest BCUT2D eigenvalue weighted by atomic mass is 9.85. The van der Waals surface area contributed by atoms with Crippen LogP contribution in [0.25, 0.3) is 0 Å². The number of benzene rings is 1. The van der Waals surface area contributed by atoms with Crippen molar-refractivity contribution in [1.29, 1.82) is 0 Å². The van der Waals surface area contributed by atoms with Gasteiger partial charge in [-0.2, -0.15) is 0 Å². The van der Waals surface area contributed by atoms with Crippen LogP contribution in [0, 0.1) is 5.82 Å². The Balaban J connectivity index is 1.80. The summed E-state index contributed by atoms with van der Waals surface area (Å²) in [6.07, 6.45) is 2.14. The molecule has 1 N–H and O–H groups in total.